The highest BCUT2D eigenvalue weighted by atomic mass is 35.5. The molecule has 148 valence electrons. The number of anilines is 1. The van der Waals surface area contributed by atoms with Gasteiger partial charge in [0.05, 0.1) is 16.9 Å². The molecule has 2 aromatic rings. The Balaban J connectivity index is 1.78. The van der Waals surface area contributed by atoms with Crippen molar-refractivity contribution < 1.29 is 4.39 Å². The van der Waals surface area contributed by atoms with E-state index in [0.29, 0.717) is 5.92 Å². The minimum absolute atomic E-state index is 0.114. The molecule has 1 atom stereocenters. The van der Waals surface area contributed by atoms with Crippen LogP contribution in [-0.4, -0.2) is 12.3 Å². The molecular weight excluding hydrogens is 391 g/mol. The maximum atomic E-state index is 13.7. The highest BCUT2D eigenvalue weighted by Crippen LogP contribution is 2.36. The summed E-state index contributed by atoms with van der Waals surface area (Å²) in [6, 6.07) is 11.0. The SMILES string of the molecule is C=C(Nc1ccc(Cl)c(SC)c1)NC(C1=C(C)c2cc(F)ccc2C1)C(C)C. The fraction of sp³-hybridized carbons (Fsp3) is 0.304. The topological polar surface area (TPSA) is 24.1 Å². The van der Waals surface area contributed by atoms with Crippen molar-refractivity contribution in [1.82, 2.24) is 5.32 Å². The van der Waals surface area contributed by atoms with Crippen LogP contribution in [0.25, 0.3) is 5.57 Å². The summed E-state index contributed by atoms with van der Waals surface area (Å²) in [5, 5.41) is 7.62. The van der Waals surface area contributed by atoms with E-state index in [-0.39, 0.29) is 11.9 Å². The molecule has 28 heavy (non-hydrogen) atoms. The van der Waals surface area contributed by atoms with Crippen LogP contribution < -0.4 is 10.6 Å². The Morgan fingerprint density at radius 2 is 1.96 bits per heavy atom. The van der Waals surface area contributed by atoms with Gasteiger partial charge in [-0.2, -0.15) is 0 Å². The Morgan fingerprint density at radius 3 is 2.64 bits per heavy atom. The van der Waals surface area contributed by atoms with Crippen molar-refractivity contribution in [3.8, 4) is 0 Å². The normalized spacial score (nSPS) is 14.2. The van der Waals surface area contributed by atoms with Crippen molar-refractivity contribution in [3.05, 3.63) is 76.3 Å². The molecule has 0 spiro atoms. The summed E-state index contributed by atoms with van der Waals surface area (Å²) in [6.45, 7) is 10.6. The van der Waals surface area contributed by atoms with Crippen LogP contribution in [0.5, 0.6) is 0 Å². The molecule has 2 nitrogen and oxygen atoms in total. The zero-order valence-corrected chi connectivity index (χ0v) is 18.3. The quantitative estimate of drug-likeness (QED) is 0.489. The summed E-state index contributed by atoms with van der Waals surface area (Å²) in [7, 11) is 0. The fourth-order valence-electron chi connectivity index (χ4n) is 3.70. The van der Waals surface area contributed by atoms with Gasteiger partial charge in [0.2, 0.25) is 0 Å². The summed E-state index contributed by atoms with van der Waals surface area (Å²) in [4.78, 5) is 1.02. The molecule has 1 unspecified atom stereocenters. The molecule has 0 aromatic heterocycles. The van der Waals surface area contributed by atoms with Crippen LogP contribution in [0.1, 0.15) is 31.9 Å². The van der Waals surface area contributed by atoms with Gasteiger partial charge in [-0.1, -0.05) is 38.1 Å². The Hall–Kier alpha value is -1.91. The molecule has 0 saturated carbocycles. The summed E-state index contributed by atoms with van der Waals surface area (Å²) in [5.74, 6) is 0.900. The van der Waals surface area contributed by atoms with Crippen molar-refractivity contribution >= 4 is 34.6 Å². The lowest BCUT2D eigenvalue weighted by atomic mass is 9.92. The number of hydrogen-bond acceptors (Lipinski definition) is 3. The zero-order valence-electron chi connectivity index (χ0n) is 16.7. The van der Waals surface area contributed by atoms with Gasteiger partial charge in [-0.3, -0.25) is 0 Å². The van der Waals surface area contributed by atoms with E-state index in [1.54, 1.807) is 17.8 Å². The molecule has 1 aliphatic carbocycles. The molecule has 2 N–H and O–H groups in total. The minimum Gasteiger partial charge on any atom is -0.365 e. The number of thioether (sulfide) groups is 1. The van der Waals surface area contributed by atoms with Crippen LogP contribution in [0.3, 0.4) is 0 Å². The maximum Gasteiger partial charge on any atom is 0.123 e. The van der Waals surface area contributed by atoms with Crippen LogP contribution in [0.15, 0.2) is 59.3 Å². The predicted molar refractivity (Wildman–Crippen MR) is 120 cm³/mol. The summed E-state index contributed by atoms with van der Waals surface area (Å²) >= 11 is 7.81. The molecule has 0 aliphatic heterocycles. The Kier molecular flexibility index (Phi) is 6.41. The van der Waals surface area contributed by atoms with E-state index in [1.807, 2.05) is 30.5 Å². The van der Waals surface area contributed by atoms with Gasteiger partial charge < -0.3 is 10.6 Å². The van der Waals surface area contributed by atoms with E-state index in [0.717, 1.165) is 39.0 Å². The third-order valence-electron chi connectivity index (χ3n) is 5.16. The Bertz CT molecular complexity index is 936. The van der Waals surface area contributed by atoms with Crippen LogP contribution in [0.2, 0.25) is 5.02 Å². The molecule has 0 radical (unpaired) electrons. The minimum atomic E-state index is -0.188. The molecule has 2 aromatic carbocycles. The van der Waals surface area contributed by atoms with Gasteiger partial charge >= 0.3 is 0 Å². The van der Waals surface area contributed by atoms with Gasteiger partial charge in [0.15, 0.2) is 0 Å². The molecular formula is C23H26ClFN2S. The van der Waals surface area contributed by atoms with E-state index in [1.165, 1.54) is 17.2 Å². The molecule has 0 fully saturated rings. The van der Waals surface area contributed by atoms with E-state index in [4.69, 9.17) is 11.6 Å². The largest absolute Gasteiger partial charge is 0.365 e. The van der Waals surface area contributed by atoms with Gasteiger partial charge in [-0.15, -0.1) is 11.8 Å². The number of rotatable bonds is 7. The van der Waals surface area contributed by atoms with E-state index in [2.05, 4.69) is 38.0 Å². The highest BCUT2D eigenvalue weighted by Gasteiger charge is 2.27. The van der Waals surface area contributed by atoms with Gasteiger partial charge in [0, 0.05) is 10.6 Å². The van der Waals surface area contributed by atoms with Crippen molar-refractivity contribution in [2.75, 3.05) is 11.6 Å². The first-order valence-electron chi connectivity index (χ1n) is 9.34. The average molecular weight is 417 g/mol. The monoisotopic (exact) mass is 416 g/mol. The zero-order chi connectivity index (χ0) is 20.4. The fourth-order valence-corrected chi connectivity index (χ4v) is 4.55. The highest BCUT2D eigenvalue weighted by molar-refractivity contribution is 7.98. The molecule has 0 amide bonds. The molecule has 0 bridgehead atoms. The van der Waals surface area contributed by atoms with E-state index < -0.39 is 0 Å². The van der Waals surface area contributed by atoms with Crippen molar-refractivity contribution in [1.29, 1.82) is 0 Å². The standard InChI is InChI=1S/C23H26ClFN2S/c1-13(2)23(20-10-16-6-7-17(25)11-19(16)14(20)3)27-15(4)26-18-8-9-21(24)22(12-18)28-5/h6-9,11-13,23,26-27H,4,10H2,1-3,5H3. The molecule has 0 saturated heterocycles. The van der Waals surface area contributed by atoms with Gasteiger partial charge in [0.1, 0.15) is 5.82 Å². The number of halogens is 2. The summed E-state index contributed by atoms with van der Waals surface area (Å²) in [5.41, 5.74) is 5.59. The number of hydrogen-bond donors (Lipinski definition) is 2. The number of nitrogens with one attached hydrogen (secondary N) is 2. The lowest BCUT2D eigenvalue weighted by molar-refractivity contribution is 0.479. The lowest BCUT2D eigenvalue weighted by Crippen LogP contribution is -2.37. The Morgan fingerprint density at radius 1 is 1.21 bits per heavy atom. The maximum absolute atomic E-state index is 13.7. The van der Waals surface area contributed by atoms with Crippen molar-refractivity contribution in [2.24, 2.45) is 5.92 Å². The molecule has 3 rings (SSSR count). The van der Waals surface area contributed by atoms with Crippen LogP contribution in [0.4, 0.5) is 10.1 Å². The van der Waals surface area contributed by atoms with E-state index >= 15 is 0 Å². The van der Waals surface area contributed by atoms with Crippen molar-refractivity contribution in [3.63, 3.8) is 0 Å². The number of benzene rings is 2. The predicted octanol–water partition coefficient (Wildman–Crippen LogP) is 6.73. The van der Waals surface area contributed by atoms with Gasteiger partial charge in [-0.05, 0) is 78.1 Å². The smallest absolute Gasteiger partial charge is 0.123 e. The summed E-state index contributed by atoms with van der Waals surface area (Å²) < 4.78 is 13.7. The van der Waals surface area contributed by atoms with Crippen LogP contribution in [-0.2, 0) is 6.42 Å². The number of fused-ring (bicyclic) bond motifs is 1. The first-order valence-corrected chi connectivity index (χ1v) is 10.9. The van der Waals surface area contributed by atoms with Crippen molar-refractivity contribution in [2.45, 2.75) is 38.1 Å². The second-order valence-corrected chi connectivity index (χ2v) is 8.70. The third kappa shape index (κ3) is 4.39. The second-order valence-electron chi connectivity index (χ2n) is 7.45. The average Bonchev–Trinajstić information content (AvgIpc) is 2.97. The Labute approximate surface area is 176 Å². The van der Waals surface area contributed by atoms with Gasteiger partial charge in [0.25, 0.3) is 0 Å². The van der Waals surface area contributed by atoms with E-state index in [9.17, 15) is 4.39 Å². The second kappa shape index (κ2) is 8.62. The number of allylic oxidation sites excluding steroid dienone is 1. The summed E-state index contributed by atoms with van der Waals surface area (Å²) in [6.07, 6.45) is 2.84. The molecule has 5 heteroatoms. The third-order valence-corrected chi connectivity index (χ3v) is 6.38. The van der Waals surface area contributed by atoms with Crippen LogP contribution >= 0.6 is 23.4 Å². The lowest BCUT2D eigenvalue weighted by Gasteiger charge is -2.27. The first kappa shape index (κ1) is 20.8. The molecule has 0 heterocycles. The molecule has 1 aliphatic rings. The first-order chi connectivity index (χ1) is 13.3. The van der Waals surface area contributed by atoms with Crippen LogP contribution in [0, 0.1) is 11.7 Å². The van der Waals surface area contributed by atoms with Gasteiger partial charge in [-0.25, -0.2) is 4.39 Å².